The number of pyridine rings is 1. The number of aromatic nitrogens is 3. The van der Waals surface area contributed by atoms with E-state index in [4.69, 9.17) is 19.6 Å². The number of carbonyl (C=O) groups is 1. The topological polar surface area (TPSA) is 86.5 Å². The van der Waals surface area contributed by atoms with Crippen molar-refractivity contribution in [1.29, 1.82) is 0 Å². The van der Waals surface area contributed by atoms with Gasteiger partial charge in [0.25, 0.3) is 0 Å². The van der Waals surface area contributed by atoms with Crippen molar-refractivity contribution in [1.82, 2.24) is 14.8 Å². The summed E-state index contributed by atoms with van der Waals surface area (Å²) in [6, 6.07) is 30.3. The van der Waals surface area contributed by atoms with E-state index < -0.39 is 5.97 Å². The molecule has 0 bridgehead atoms. The number of nitrogens with zero attached hydrogens (tertiary/aromatic N) is 3. The molecule has 1 N–H and O–H groups in total. The van der Waals surface area contributed by atoms with Gasteiger partial charge >= 0.3 is 5.97 Å². The van der Waals surface area contributed by atoms with Crippen molar-refractivity contribution >= 4 is 16.9 Å². The SMILES string of the molecule is O=C(O)C1CCC(n2cc3cc(-c4ccc(OCc5ccccc5)nc4OCc4ccccc4)ccc3n2)CC1. The number of carboxylic acids is 1. The molecule has 0 spiro atoms. The molecule has 1 fully saturated rings. The summed E-state index contributed by atoms with van der Waals surface area (Å²) in [5.41, 5.74) is 4.89. The van der Waals surface area contributed by atoms with Crippen molar-refractivity contribution in [2.24, 2.45) is 5.92 Å². The number of aliphatic carboxylic acids is 1. The van der Waals surface area contributed by atoms with E-state index in [0.717, 1.165) is 46.0 Å². The monoisotopic (exact) mass is 533 g/mol. The highest BCUT2D eigenvalue weighted by Crippen LogP contribution is 2.35. The Hall–Kier alpha value is -4.65. The molecule has 0 unspecified atom stereocenters. The Morgan fingerprint density at radius 2 is 1.50 bits per heavy atom. The fourth-order valence-electron chi connectivity index (χ4n) is 5.28. The molecular weight excluding hydrogens is 502 g/mol. The quantitative estimate of drug-likeness (QED) is 0.218. The molecule has 2 heterocycles. The van der Waals surface area contributed by atoms with Crippen LogP contribution in [0.5, 0.6) is 11.8 Å². The second-order valence-corrected chi connectivity index (χ2v) is 10.3. The lowest BCUT2D eigenvalue weighted by molar-refractivity contribution is -0.143. The highest BCUT2D eigenvalue weighted by Gasteiger charge is 2.27. The van der Waals surface area contributed by atoms with Crippen LogP contribution in [-0.4, -0.2) is 25.8 Å². The molecule has 0 aliphatic heterocycles. The molecular formula is C33H31N3O4. The van der Waals surface area contributed by atoms with Crippen LogP contribution in [0.1, 0.15) is 42.9 Å². The molecule has 7 nitrogen and oxygen atoms in total. The third-order valence-electron chi connectivity index (χ3n) is 7.54. The first-order chi connectivity index (χ1) is 19.6. The first-order valence-corrected chi connectivity index (χ1v) is 13.7. The smallest absolute Gasteiger partial charge is 0.306 e. The van der Waals surface area contributed by atoms with Crippen LogP contribution >= 0.6 is 0 Å². The summed E-state index contributed by atoms with van der Waals surface area (Å²) in [6.45, 7) is 0.813. The number of hydrogen-bond acceptors (Lipinski definition) is 5. The van der Waals surface area contributed by atoms with Crippen LogP contribution in [0.4, 0.5) is 0 Å². The lowest BCUT2D eigenvalue weighted by atomic mass is 9.86. The molecule has 0 saturated heterocycles. The van der Waals surface area contributed by atoms with Crippen LogP contribution in [0.2, 0.25) is 0 Å². The van der Waals surface area contributed by atoms with E-state index in [2.05, 4.69) is 12.3 Å². The van der Waals surface area contributed by atoms with E-state index >= 15 is 0 Å². The van der Waals surface area contributed by atoms with Gasteiger partial charge in [-0.1, -0.05) is 66.7 Å². The van der Waals surface area contributed by atoms with Gasteiger partial charge in [0.05, 0.1) is 17.5 Å². The van der Waals surface area contributed by atoms with Crippen LogP contribution in [0.15, 0.2) is 97.2 Å². The van der Waals surface area contributed by atoms with Gasteiger partial charge in [-0.2, -0.15) is 10.1 Å². The van der Waals surface area contributed by atoms with E-state index in [-0.39, 0.29) is 12.0 Å². The van der Waals surface area contributed by atoms with Crippen molar-refractivity contribution < 1.29 is 19.4 Å². The molecule has 1 aliphatic rings. The lowest BCUT2D eigenvalue weighted by Gasteiger charge is -2.26. The Balaban J connectivity index is 1.26. The Labute approximate surface area is 233 Å². The molecule has 0 radical (unpaired) electrons. The molecule has 1 saturated carbocycles. The third kappa shape index (κ3) is 5.83. The predicted octanol–water partition coefficient (Wildman–Crippen LogP) is 7.07. The second kappa shape index (κ2) is 11.6. The Morgan fingerprint density at radius 1 is 0.825 bits per heavy atom. The second-order valence-electron chi connectivity index (χ2n) is 10.3. The highest BCUT2D eigenvalue weighted by atomic mass is 16.5. The largest absolute Gasteiger partial charge is 0.481 e. The van der Waals surface area contributed by atoms with Gasteiger partial charge in [-0.05, 0) is 60.6 Å². The molecule has 40 heavy (non-hydrogen) atoms. The van der Waals surface area contributed by atoms with Gasteiger partial charge in [-0.25, -0.2) is 0 Å². The molecule has 5 aromatic rings. The van der Waals surface area contributed by atoms with Gasteiger partial charge in [-0.15, -0.1) is 0 Å². The maximum Gasteiger partial charge on any atom is 0.306 e. The Morgan fingerprint density at radius 3 is 2.17 bits per heavy atom. The number of hydrogen-bond donors (Lipinski definition) is 1. The zero-order chi connectivity index (χ0) is 27.3. The first-order valence-electron chi connectivity index (χ1n) is 13.7. The van der Waals surface area contributed by atoms with Gasteiger partial charge in [0.15, 0.2) is 0 Å². The molecule has 0 amide bonds. The van der Waals surface area contributed by atoms with Gasteiger partial charge < -0.3 is 14.6 Å². The summed E-state index contributed by atoms with van der Waals surface area (Å²) in [5.74, 6) is 0.0769. The fourth-order valence-corrected chi connectivity index (χ4v) is 5.28. The van der Waals surface area contributed by atoms with Gasteiger partial charge in [0.2, 0.25) is 11.8 Å². The molecule has 0 atom stereocenters. The van der Waals surface area contributed by atoms with Crippen LogP contribution < -0.4 is 9.47 Å². The maximum absolute atomic E-state index is 11.3. The number of ether oxygens (including phenoxy) is 2. The summed E-state index contributed by atoms with van der Waals surface area (Å²) in [5, 5.41) is 15.2. The van der Waals surface area contributed by atoms with Crippen molar-refractivity contribution in [3.05, 3.63) is 108 Å². The highest BCUT2D eigenvalue weighted by molar-refractivity contribution is 5.85. The fraction of sp³-hybridized carbons (Fsp3) is 0.242. The summed E-state index contributed by atoms with van der Waals surface area (Å²) in [7, 11) is 0. The van der Waals surface area contributed by atoms with Gasteiger partial charge in [0, 0.05) is 23.2 Å². The molecule has 2 aromatic heterocycles. The number of fused-ring (bicyclic) bond motifs is 1. The average Bonchev–Trinajstić information content (AvgIpc) is 3.44. The van der Waals surface area contributed by atoms with Crippen molar-refractivity contribution in [2.75, 3.05) is 0 Å². The summed E-state index contributed by atoms with van der Waals surface area (Å²) in [6.07, 6.45) is 5.09. The van der Waals surface area contributed by atoms with Crippen molar-refractivity contribution in [2.45, 2.75) is 44.9 Å². The van der Waals surface area contributed by atoms with Crippen LogP contribution in [0.25, 0.3) is 22.0 Å². The summed E-state index contributed by atoms with van der Waals surface area (Å²) < 4.78 is 14.3. The van der Waals surface area contributed by atoms with E-state index in [1.165, 1.54) is 0 Å². The Kier molecular flexibility index (Phi) is 7.44. The average molecular weight is 534 g/mol. The summed E-state index contributed by atoms with van der Waals surface area (Å²) >= 11 is 0. The normalized spacial score (nSPS) is 17.0. The summed E-state index contributed by atoms with van der Waals surface area (Å²) in [4.78, 5) is 16.1. The van der Waals surface area contributed by atoms with Crippen LogP contribution in [0, 0.1) is 5.92 Å². The number of rotatable bonds is 9. The van der Waals surface area contributed by atoms with Gasteiger partial charge in [-0.3, -0.25) is 9.48 Å². The van der Waals surface area contributed by atoms with Crippen LogP contribution in [0.3, 0.4) is 0 Å². The predicted molar refractivity (Wildman–Crippen MR) is 153 cm³/mol. The minimum atomic E-state index is -0.691. The zero-order valence-electron chi connectivity index (χ0n) is 22.1. The van der Waals surface area contributed by atoms with E-state index in [1.54, 1.807) is 0 Å². The molecule has 1 aliphatic carbocycles. The van der Waals surface area contributed by atoms with Crippen LogP contribution in [-0.2, 0) is 18.0 Å². The first kappa shape index (κ1) is 25.6. The maximum atomic E-state index is 11.3. The standard InChI is InChI=1S/C33H31N3O4/c37-33(38)25-11-14-28(15-12-25)36-20-27-19-26(13-17-30(27)35-36)29-16-18-31(39-21-23-7-3-1-4-8-23)34-32(29)40-22-24-9-5-2-6-10-24/h1-10,13,16-20,25,28H,11-12,14-15,21-22H2,(H,37,38). The number of benzene rings is 3. The third-order valence-corrected chi connectivity index (χ3v) is 7.54. The van der Waals surface area contributed by atoms with Crippen molar-refractivity contribution in [3.63, 3.8) is 0 Å². The lowest BCUT2D eigenvalue weighted by Crippen LogP contribution is -2.23. The van der Waals surface area contributed by atoms with Gasteiger partial charge in [0.1, 0.15) is 13.2 Å². The van der Waals surface area contributed by atoms with Crippen molar-refractivity contribution in [3.8, 4) is 22.9 Å². The van der Waals surface area contributed by atoms with E-state index in [0.29, 0.717) is 37.8 Å². The molecule has 6 rings (SSSR count). The molecule has 7 heteroatoms. The molecule has 3 aromatic carbocycles. The van der Waals surface area contributed by atoms with E-state index in [1.807, 2.05) is 89.6 Å². The minimum absolute atomic E-state index is 0.221. The van der Waals surface area contributed by atoms with E-state index in [9.17, 15) is 9.90 Å². The molecule has 202 valence electrons. The Bertz CT molecular complexity index is 1590. The minimum Gasteiger partial charge on any atom is -0.481 e. The number of carboxylic acid groups (broad SMARTS) is 1. The zero-order valence-corrected chi connectivity index (χ0v) is 22.1.